The quantitative estimate of drug-likeness (QED) is 0.248. The first-order chi connectivity index (χ1) is 11.3. The van der Waals surface area contributed by atoms with Crippen molar-refractivity contribution >= 4 is 41.7 Å². The van der Waals surface area contributed by atoms with E-state index in [4.69, 9.17) is 10.5 Å². The van der Waals surface area contributed by atoms with E-state index in [-0.39, 0.29) is 30.1 Å². The van der Waals surface area contributed by atoms with Crippen molar-refractivity contribution in [1.82, 2.24) is 5.32 Å². The molecular weight excluding hydrogens is 431 g/mol. The molecule has 0 unspecified atom stereocenters. The molecule has 0 spiro atoms. The minimum absolute atomic E-state index is 0. The summed E-state index contributed by atoms with van der Waals surface area (Å²) in [6, 6.07) is 8.12. The number of carbonyl (C=O) groups excluding carboxylic acids is 1. The summed E-state index contributed by atoms with van der Waals surface area (Å²) in [5.41, 5.74) is 7.61. The molecule has 6 nitrogen and oxygen atoms in total. The average Bonchev–Trinajstić information content (AvgIpc) is 2.49. The number of nitrogens with zero attached hydrogens (tertiary/aromatic N) is 1. The highest BCUT2D eigenvalue weighted by Crippen LogP contribution is 2.09. The number of unbranched alkanes of at least 4 members (excludes halogenated alkanes) is 1. The summed E-state index contributed by atoms with van der Waals surface area (Å²) in [6.07, 6.45) is 2.29. The van der Waals surface area contributed by atoms with Crippen LogP contribution >= 0.6 is 24.0 Å². The Morgan fingerprint density at radius 1 is 1.20 bits per heavy atom. The molecule has 0 saturated heterocycles. The maximum atomic E-state index is 11.5. The predicted octanol–water partition coefficient (Wildman–Crippen LogP) is 3.90. The molecule has 0 aliphatic heterocycles. The van der Waals surface area contributed by atoms with E-state index < -0.39 is 5.60 Å². The molecule has 0 bridgehead atoms. The summed E-state index contributed by atoms with van der Waals surface area (Å²) in [5.74, 6) is 0.402. The highest BCUT2D eigenvalue weighted by molar-refractivity contribution is 14.0. The van der Waals surface area contributed by atoms with Crippen LogP contribution in [-0.4, -0.2) is 30.7 Å². The number of amides is 1. The first-order valence-electron chi connectivity index (χ1n) is 8.43. The molecule has 0 aromatic heterocycles. The van der Waals surface area contributed by atoms with Crippen molar-refractivity contribution in [2.75, 3.05) is 18.4 Å². The first kappa shape index (κ1) is 23.5. The number of anilines is 1. The van der Waals surface area contributed by atoms with Gasteiger partial charge in [0.1, 0.15) is 5.60 Å². The maximum absolute atomic E-state index is 11.5. The second-order valence-corrected chi connectivity index (χ2v) is 6.58. The number of carbonyl (C=O) groups is 1. The van der Waals surface area contributed by atoms with E-state index in [0.717, 1.165) is 24.9 Å². The molecule has 7 heteroatoms. The normalized spacial score (nSPS) is 11.4. The fourth-order valence-electron chi connectivity index (χ4n) is 1.95. The number of aryl methyl sites for hydroxylation is 1. The number of halogens is 1. The molecule has 4 N–H and O–H groups in total. The molecule has 25 heavy (non-hydrogen) atoms. The van der Waals surface area contributed by atoms with E-state index in [1.54, 1.807) is 0 Å². The number of hydrogen-bond acceptors (Lipinski definition) is 3. The number of rotatable bonds is 7. The van der Waals surface area contributed by atoms with E-state index in [0.29, 0.717) is 19.0 Å². The highest BCUT2D eigenvalue weighted by Gasteiger charge is 2.15. The van der Waals surface area contributed by atoms with Crippen LogP contribution < -0.4 is 16.4 Å². The van der Waals surface area contributed by atoms with Gasteiger partial charge in [0.25, 0.3) is 0 Å². The third-order valence-electron chi connectivity index (χ3n) is 3.17. The Balaban J connectivity index is 0.00000576. The summed E-state index contributed by atoms with van der Waals surface area (Å²) >= 11 is 0. The predicted molar refractivity (Wildman–Crippen MR) is 115 cm³/mol. The SMILES string of the molecule is CCc1ccc(NC(N)=NCCCCNC(=O)OC(C)(C)C)cc1.I. The summed E-state index contributed by atoms with van der Waals surface area (Å²) < 4.78 is 5.16. The molecular formula is C18H31IN4O2. The van der Waals surface area contributed by atoms with Crippen molar-refractivity contribution in [3.63, 3.8) is 0 Å². The third kappa shape index (κ3) is 11.6. The van der Waals surface area contributed by atoms with Crippen LogP contribution in [0.4, 0.5) is 10.5 Å². The summed E-state index contributed by atoms with van der Waals surface area (Å²) in [7, 11) is 0. The highest BCUT2D eigenvalue weighted by atomic mass is 127. The van der Waals surface area contributed by atoms with Gasteiger partial charge in [0.2, 0.25) is 0 Å². The van der Waals surface area contributed by atoms with E-state index in [2.05, 4.69) is 34.7 Å². The number of guanidine groups is 1. The van der Waals surface area contributed by atoms with E-state index in [1.807, 2.05) is 32.9 Å². The van der Waals surface area contributed by atoms with Gasteiger partial charge in [-0.05, 0) is 57.7 Å². The van der Waals surface area contributed by atoms with Crippen LogP contribution in [0.2, 0.25) is 0 Å². The van der Waals surface area contributed by atoms with Crippen molar-refractivity contribution in [2.24, 2.45) is 10.7 Å². The summed E-state index contributed by atoms with van der Waals surface area (Å²) in [4.78, 5) is 15.7. The molecule has 0 heterocycles. The summed E-state index contributed by atoms with van der Waals surface area (Å²) in [5, 5.41) is 5.79. The summed E-state index contributed by atoms with van der Waals surface area (Å²) in [6.45, 7) is 8.82. The van der Waals surface area contributed by atoms with Crippen LogP contribution in [0.25, 0.3) is 0 Å². The van der Waals surface area contributed by atoms with Gasteiger partial charge in [-0.25, -0.2) is 4.79 Å². The number of benzene rings is 1. The molecule has 0 fully saturated rings. The van der Waals surface area contributed by atoms with Crippen LogP contribution in [0, 0.1) is 0 Å². The fraction of sp³-hybridized carbons (Fsp3) is 0.556. The number of aliphatic imine (C=N–C) groups is 1. The first-order valence-corrected chi connectivity index (χ1v) is 8.43. The Morgan fingerprint density at radius 2 is 1.84 bits per heavy atom. The Morgan fingerprint density at radius 3 is 2.40 bits per heavy atom. The van der Waals surface area contributed by atoms with Gasteiger partial charge in [-0.2, -0.15) is 0 Å². The number of nitrogens with two attached hydrogens (primary N) is 1. The van der Waals surface area contributed by atoms with Crippen LogP contribution in [0.3, 0.4) is 0 Å². The molecule has 0 saturated carbocycles. The van der Waals surface area contributed by atoms with Crippen molar-refractivity contribution < 1.29 is 9.53 Å². The van der Waals surface area contributed by atoms with Gasteiger partial charge in [-0.1, -0.05) is 19.1 Å². The molecule has 1 rings (SSSR count). The van der Waals surface area contributed by atoms with Crippen molar-refractivity contribution in [1.29, 1.82) is 0 Å². The van der Waals surface area contributed by atoms with Crippen molar-refractivity contribution in [2.45, 2.75) is 52.6 Å². The zero-order valence-electron chi connectivity index (χ0n) is 15.6. The van der Waals surface area contributed by atoms with Gasteiger partial charge in [0.15, 0.2) is 5.96 Å². The number of nitrogens with one attached hydrogen (secondary N) is 2. The number of alkyl carbamates (subject to hydrolysis) is 1. The lowest BCUT2D eigenvalue weighted by Crippen LogP contribution is -2.33. The number of hydrogen-bond donors (Lipinski definition) is 3. The zero-order valence-corrected chi connectivity index (χ0v) is 17.9. The van der Waals surface area contributed by atoms with Crippen LogP contribution in [-0.2, 0) is 11.2 Å². The van der Waals surface area contributed by atoms with Gasteiger partial charge in [-0.3, -0.25) is 4.99 Å². The van der Waals surface area contributed by atoms with Crippen molar-refractivity contribution in [3.05, 3.63) is 29.8 Å². The lowest BCUT2D eigenvalue weighted by Gasteiger charge is -2.19. The van der Waals surface area contributed by atoms with Crippen LogP contribution in [0.15, 0.2) is 29.3 Å². The van der Waals surface area contributed by atoms with Gasteiger partial charge in [0, 0.05) is 18.8 Å². The van der Waals surface area contributed by atoms with Gasteiger partial charge < -0.3 is 21.1 Å². The molecule has 1 amide bonds. The van der Waals surface area contributed by atoms with Gasteiger partial charge >= 0.3 is 6.09 Å². The second kappa shape index (κ2) is 11.9. The molecule has 1 aromatic rings. The zero-order chi connectivity index (χ0) is 18.0. The van der Waals surface area contributed by atoms with Gasteiger partial charge in [0.05, 0.1) is 0 Å². The Labute approximate surface area is 168 Å². The largest absolute Gasteiger partial charge is 0.444 e. The monoisotopic (exact) mass is 462 g/mol. The number of ether oxygens (including phenoxy) is 1. The Hall–Kier alpha value is -1.51. The smallest absolute Gasteiger partial charge is 0.407 e. The standard InChI is InChI=1S/C18H30N4O2.HI/c1-5-14-8-10-15(11-9-14)22-16(19)20-12-6-7-13-21-17(23)24-18(2,3)4;/h8-11H,5-7,12-13H2,1-4H3,(H,21,23)(H3,19,20,22);1H. The second-order valence-electron chi connectivity index (χ2n) is 6.58. The van der Waals surface area contributed by atoms with Crippen molar-refractivity contribution in [3.8, 4) is 0 Å². The fourth-order valence-corrected chi connectivity index (χ4v) is 1.95. The van der Waals surface area contributed by atoms with E-state index in [1.165, 1.54) is 5.56 Å². The lowest BCUT2D eigenvalue weighted by atomic mass is 10.1. The van der Waals surface area contributed by atoms with E-state index >= 15 is 0 Å². The Kier molecular flexibility index (Phi) is 11.2. The van der Waals surface area contributed by atoms with Crippen LogP contribution in [0.5, 0.6) is 0 Å². The molecule has 0 aliphatic rings. The lowest BCUT2D eigenvalue weighted by molar-refractivity contribution is 0.0527. The average molecular weight is 462 g/mol. The molecule has 142 valence electrons. The molecule has 0 radical (unpaired) electrons. The maximum Gasteiger partial charge on any atom is 0.407 e. The van der Waals surface area contributed by atoms with Gasteiger partial charge in [-0.15, -0.1) is 24.0 Å². The molecule has 1 aromatic carbocycles. The molecule has 0 atom stereocenters. The minimum Gasteiger partial charge on any atom is -0.444 e. The van der Waals surface area contributed by atoms with Crippen LogP contribution in [0.1, 0.15) is 46.1 Å². The Bertz CT molecular complexity index is 539. The minimum atomic E-state index is -0.468. The molecule has 0 aliphatic carbocycles. The third-order valence-corrected chi connectivity index (χ3v) is 3.17. The van der Waals surface area contributed by atoms with E-state index in [9.17, 15) is 4.79 Å². The topological polar surface area (TPSA) is 88.7 Å².